The number of benzene rings is 3. The summed E-state index contributed by atoms with van der Waals surface area (Å²) in [4.78, 5) is 6.11. The van der Waals surface area contributed by atoms with Crippen LogP contribution < -0.4 is 9.04 Å². The van der Waals surface area contributed by atoms with Gasteiger partial charge in [0.1, 0.15) is 5.75 Å². The van der Waals surface area contributed by atoms with E-state index in [-0.39, 0.29) is 0 Å². The van der Waals surface area contributed by atoms with Crippen LogP contribution in [-0.2, 0) is 10.0 Å². The summed E-state index contributed by atoms with van der Waals surface area (Å²) in [5.41, 5.74) is 8.02. The molecule has 0 aliphatic carbocycles. The lowest BCUT2D eigenvalue weighted by Gasteiger charge is -2.28. The molecule has 0 spiro atoms. The van der Waals surface area contributed by atoms with Gasteiger partial charge in [0, 0.05) is 29.7 Å². The Labute approximate surface area is 227 Å². The van der Waals surface area contributed by atoms with Crippen molar-refractivity contribution in [3.8, 4) is 17.0 Å². The number of nitrogens with zero attached hydrogens (tertiary/aromatic N) is 2. The second kappa shape index (κ2) is 11.2. The maximum Gasteiger partial charge on any atom is 0.264 e. The third-order valence-electron chi connectivity index (χ3n) is 7.41. The van der Waals surface area contributed by atoms with E-state index in [0.29, 0.717) is 23.7 Å². The van der Waals surface area contributed by atoms with Crippen molar-refractivity contribution < 1.29 is 13.2 Å². The lowest BCUT2D eigenvalue weighted by Crippen LogP contribution is -2.38. The SMILES string of the molecule is CCN(CC)CCN(c1ccc2[nH]c(-c3cc(C)c(OC)c(C)c3)c(C)c2c1)S(=O)(=O)c1ccc(C)cc1. The number of anilines is 1. The van der Waals surface area contributed by atoms with Crippen LogP contribution in [-0.4, -0.2) is 51.6 Å². The van der Waals surface area contributed by atoms with Gasteiger partial charge in [-0.15, -0.1) is 0 Å². The molecule has 6 nitrogen and oxygen atoms in total. The first-order valence-electron chi connectivity index (χ1n) is 13.2. The van der Waals surface area contributed by atoms with Gasteiger partial charge in [0.25, 0.3) is 10.0 Å². The summed E-state index contributed by atoms with van der Waals surface area (Å²) < 4.78 is 34.9. The van der Waals surface area contributed by atoms with Crippen LogP contribution in [0, 0.1) is 27.7 Å². The number of rotatable bonds is 10. The van der Waals surface area contributed by atoms with Gasteiger partial charge < -0.3 is 14.6 Å². The molecule has 0 amide bonds. The number of H-pyrrole nitrogens is 1. The van der Waals surface area contributed by atoms with E-state index in [1.807, 2.05) is 37.3 Å². The number of aryl methyl sites for hydroxylation is 4. The van der Waals surface area contributed by atoms with Crippen LogP contribution in [0.1, 0.15) is 36.1 Å². The largest absolute Gasteiger partial charge is 0.496 e. The van der Waals surface area contributed by atoms with Crippen LogP contribution in [0.4, 0.5) is 5.69 Å². The van der Waals surface area contributed by atoms with E-state index in [0.717, 1.165) is 63.3 Å². The number of fused-ring (bicyclic) bond motifs is 1. The van der Waals surface area contributed by atoms with E-state index in [1.165, 1.54) is 0 Å². The first kappa shape index (κ1) is 27.7. The van der Waals surface area contributed by atoms with Gasteiger partial charge in [0.15, 0.2) is 0 Å². The third kappa shape index (κ3) is 5.31. The highest BCUT2D eigenvalue weighted by molar-refractivity contribution is 7.92. The van der Waals surface area contributed by atoms with Crippen molar-refractivity contribution >= 4 is 26.6 Å². The average molecular weight is 534 g/mol. The molecule has 3 aromatic carbocycles. The number of hydrogen-bond acceptors (Lipinski definition) is 4. The second-order valence-corrected chi connectivity index (χ2v) is 11.8. The molecule has 4 aromatic rings. The summed E-state index contributed by atoms with van der Waals surface area (Å²) >= 11 is 0. The van der Waals surface area contributed by atoms with Gasteiger partial charge in [-0.3, -0.25) is 4.31 Å². The fraction of sp³-hybridized carbons (Fsp3) is 0.355. The van der Waals surface area contributed by atoms with Gasteiger partial charge in [-0.25, -0.2) is 8.42 Å². The number of aromatic nitrogens is 1. The number of methoxy groups -OCH3 is 1. The Morgan fingerprint density at radius 2 is 1.47 bits per heavy atom. The zero-order chi connectivity index (χ0) is 27.6. The highest BCUT2D eigenvalue weighted by Crippen LogP contribution is 2.36. The van der Waals surface area contributed by atoms with Gasteiger partial charge in [0.2, 0.25) is 0 Å². The Hall–Kier alpha value is -3.29. The molecule has 1 aromatic heterocycles. The Morgan fingerprint density at radius 3 is 2.05 bits per heavy atom. The topological polar surface area (TPSA) is 65.6 Å². The summed E-state index contributed by atoms with van der Waals surface area (Å²) in [7, 11) is -2.05. The van der Waals surface area contributed by atoms with E-state index in [9.17, 15) is 8.42 Å². The molecule has 38 heavy (non-hydrogen) atoms. The fourth-order valence-corrected chi connectivity index (χ4v) is 6.62. The third-order valence-corrected chi connectivity index (χ3v) is 9.25. The molecule has 1 heterocycles. The Morgan fingerprint density at radius 1 is 0.842 bits per heavy atom. The standard InChI is InChI=1S/C31H39N3O3S/c1-8-33(9-2)16-17-34(38(35,36)27-13-10-21(3)11-14-27)26-12-15-29-28(20-26)24(6)30(32-29)25-18-22(4)31(37-7)23(5)19-25/h10-15,18-20,32H,8-9,16-17H2,1-7H3. The van der Waals surface area contributed by atoms with Crippen LogP contribution in [0.5, 0.6) is 5.75 Å². The number of nitrogens with one attached hydrogen (secondary N) is 1. The van der Waals surface area contributed by atoms with Gasteiger partial charge in [-0.1, -0.05) is 31.5 Å². The van der Waals surface area contributed by atoms with Gasteiger partial charge in [-0.05, 0) is 106 Å². The molecule has 7 heteroatoms. The van der Waals surface area contributed by atoms with Crippen LogP contribution in [0.3, 0.4) is 0 Å². The highest BCUT2D eigenvalue weighted by atomic mass is 32.2. The predicted molar refractivity (Wildman–Crippen MR) is 158 cm³/mol. The van der Waals surface area contributed by atoms with E-state index in [1.54, 1.807) is 23.5 Å². The quantitative estimate of drug-likeness (QED) is 0.249. The lowest BCUT2D eigenvalue weighted by molar-refractivity contribution is 0.313. The van der Waals surface area contributed by atoms with Crippen molar-refractivity contribution in [3.63, 3.8) is 0 Å². The molecule has 1 N–H and O–H groups in total. The summed E-state index contributed by atoms with van der Waals surface area (Å²) in [6.45, 7) is 15.1. The zero-order valence-electron chi connectivity index (χ0n) is 23.6. The molecule has 0 aliphatic heterocycles. The summed E-state index contributed by atoms with van der Waals surface area (Å²) in [6.07, 6.45) is 0. The van der Waals surface area contributed by atoms with E-state index in [4.69, 9.17) is 4.74 Å². The van der Waals surface area contributed by atoms with Crippen molar-refractivity contribution in [2.75, 3.05) is 37.6 Å². The monoisotopic (exact) mass is 533 g/mol. The molecule has 0 aliphatic rings. The number of hydrogen-bond donors (Lipinski definition) is 1. The van der Waals surface area contributed by atoms with E-state index < -0.39 is 10.0 Å². The van der Waals surface area contributed by atoms with Crippen molar-refractivity contribution in [2.45, 2.75) is 46.4 Å². The Bertz CT molecular complexity index is 1510. The molecular formula is C31H39N3O3S. The lowest BCUT2D eigenvalue weighted by atomic mass is 10.0. The van der Waals surface area contributed by atoms with Crippen LogP contribution >= 0.6 is 0 Å². The maximum absolute atomic E-state index is 13.9. The fourth-order valence-electron chi connectivity index (χ4n) is 5.17. The summed E-state index contributed by atoms with van der Waals surface area (Å²) in [5.74, 6) is 0.898. The van der Waals surface area contributed by atoms with Crippen LogP contribution in [0.2, 0.25) is 0 Å². The second-order valence-electron chi connectivity index (χ2n) is 9.92. The molecule has 0 saturated heterocycles. The summed E-state index contributed by atoms with van der Waals surface area (Å²) in [5, 5.41) is 1.01. The first-order chi connectivity index (χ1) is 18.1. The summed E-state index contributed by atoms with van der Waals surface area (Å²) in [6, 6.07) is 17.2. The Balaban J connectivity index is 1.81. The smallest absolute Gasteiger partial charge is 0.264 e. The van der Waals surface area contributed by atoms with E-state index in [2.05, 4.69) is 56.6 Å². The van der Waals surface area contributed by atoms with Gasteiger partial charge >= 0.3 is 0 Å². The minimum Gasteiger partial charge on any atom is -0.496 e. The van der Waals surface area contributed by atoms with Crippen LogP contribution in [0.15, 0.2) is 59.5 Å². The molecule has 0 saturated carbocycles. The number of likely N-dealkylation sites (N-methyl/N-ethyl adjacent to an activating group) is 1. The Kier molecular flexibility index (Phi) is 8.19. The molecular weight excluding hydrogens is 494 g/mol. The molecule has 0 fully saturated rings. The van der Waals surface area contributed by atoms with Crippen molar-refractivity contribution in [3.05, 3.63) is 76.9 Å². The molecule has 0 radical (unpaired) electrons. The van der Waals surface area contributed by atoms with E-state index >= 15 is 0 Å². The van der Waals surface area contributed by atoms with Crippen molar-refractivity contribution in [1.29, 1.82) is 0 Å². The molecule has 0 atom stereocenters. The number of sulfonamides is 1. The zero-order valence-corrected chi connectivity index (χ0v) is 24.4. The normalized spacial score (nSPS) is 11.9. The minimum atomic E-state index is -3.75. The predicted octanol–water partition coefficient (Wildman–Crippen LogP) is 6.61. The van der Waals surface area contributed by atoms with Gasteiger partial charge in [-0.2, -0.15) is 0 Å². The molecule has 4 rings (SSSR count). The maximum atomic E-state index is 13.9. The average Bonchev–Trinajstić information content (AvgIpc) is 3.22. The number of aromatic amines is 1. The molecule has 202 valence electrons. The van der Waals surface area contributed by atoms with Crippen molar-refractivity contribution in [1.82, 2.24) is 9.88 Å². The van der Waals surface area contributed by atoms with Crippen molar-refractivity contribution in [2.24, 2.45) is 0 Å². The molecule has 0 unspecified atom stereocenters. The minimum absolute atomic E-state index is 0.304. The molecule has 0 bridgehead atoms. The number of ether oxygens (including phenoxy) is 1. The van der Waals surface area contributed by atoms with Gasteiger partial charge in [0.05, 0.1) is 17.7 Å². The van der Waals surface area contributed by atoms with Crippen LogP contribution in [0.25, 0.3) is 22.2 Å². The first-order valence-corrected chi connectivity index (χ1v) is 14.6. The highest BCUT2D eigenvalue weighted by Gasteiger charge is 2.26.